The number of carbonyl (C=O) groups excluding carboxylic acids is 1. The number of hydrogen-bond donors (Lipinski definition) is 1. The lowest BCUT2D eigenvalue weighted by Crippen LogP contribution is -2.25. The minimum absolute atomic E-state index is 0.0392. The number of amides is 1. The number of allylic oxidation sites excluding steroid dienone is 2. The molecule has 1 N–H and O–H groups in total. The van der Waals surface area contributed by atoms with Crippen LogP contribution in [0.2, 0.25) is 0 Å². The summed E-state index contributed by atoms with van der Waals surface area (Å²) in [6, 6.07) is 8.34. The van der Waals surface area contributed by atoms with Crippen molar-refractivity contribution in [2.24, 2.45) is 11.8 Å². The van der Waals surface area contributed by atoms with Gasteiger partial charge < -0.3 is 5.32 Å². The highest BCUT2D eigenvalue weighted by Crippen LogP contribution is 2.47. The fourth-order valence-corrected chi connectivity index (χ4v) is 5.25. The summed E-state index contributed by atoms with van der Waals surface area (Å²) < 4.78 is 1.95. The van der Waals surface area contributed by atoms with Gasteiger partial charge in [0.15, 0.2) is 0 Å². The Morgan fingerprint density at radius 1 is 1.20 bits per heavy atom. The third-order valence-electron chi connectivity index (χ3n) is 5.51. The van der Waals surface area contributed by atoms with E-state index in [1.807, 2.05) is 22.9 Å². The zero-order valence-electron chi connectivity index (χ0n) is 13.7. The molecule has 1 fully saturated rings. The van der Waals surface area contributed by atoms with Crippen LogP contribution in [0.15, 0.2) is 41.6 Å². The minimum Gasteiger partial charge on any atom is -0.325 e. The Balaban J connectivity index is 1.36. The number of thioether (sulfide) groups is 1. The SMILES string of the molecule is O=C1Nc2ccccc2CC[C@H]1Sc1nnnn1[C@H]1C[C@H]2C=C[C@H]1C2. The van der Waals surface area contributed by atoms with Crippen LogP contribution in [0.5, 0.6) is 0 Å². The fraction of sp³-hybridized carbons (Fsp3) is 0.444. The van der Waals surface area contributed by atoms with E-state index in [1.54, 1.807) is 0 Å². The molecule has 7 heteroatoms. The van der Waals surface area contributed by atoms with Gasteiger partial charge in [-0.1, -0.05) is 42.1 Å². The summed E-state index contributed by atoms with van der Waals surface area (Å²) in [5.74, 6) is 1.23. The predicted octanol–water partition coefficient (Wildman–Crippen LogP) is 2.86. The Morgan fingerprint density at radius 3 is 2.96 bits per heavy atom. The van der Waals surface area contributed by atoms with Crippen molar-refractivity contribution >= 4 is 23.4 Å². The number of aryl methyl sites for hydroxylation is 1. The van der Waals surface area contributed by atoms with E-state index >= 15 is 0 Å². The summed E-state index contributed by atoms with van der Waals surface area (Å²) in [6.07, 6.45) is 8.58. The first-order valence-electron chi connectivity index (χ1n) is 8.79. The highest BCUT2D eigenvalue weighted by atomic mass is 32.2. The van der Waals surface area contributed by atoms with Crippen molar-refractivity contribution in [2.75, 3.05) is 5.32 Å². The van der Waals surface area contributed by atoms with Gasteiger partial charge in [-0.2, -0.15) is 0 Å². The number of anilines is 1. The van der Waals surface area contributed by atoms with E-state index in [0.29, 0.717) is 17.9 Å². The van der Waals surface area contributed by atoms with Crippen molar-refractivity contribution < 1.29 is 4.79 Å². The van der Waals surface area contributed by atoms with E-state index in [2.05, 4.69) is 39.1 Å². The van der Waals surface area contributed by atoms with Gasteiger partial charge in [-0.05, 0) is 59.6 Å². The van der Waals surface area contributed by atoms with Crippen molar-refractivity contribution in [3.63, 3.8) is 0 Å². The molecule has 1 aromatic heterocycles. The van der Waals surface area contributed by atoms with Gasteiger partial charge in [0.2, 0.25) is 11.1 Å². The number of fused-ring (bicyclic) bond motifs is 3. The third kappa shape index (κ3) is 2.66. The van der Waals surface area contributed by atoms with Crippen LogP contribution in [0.3, 0.4) is 0 Å². The molecular weight excluding hydrogens is 334 g/mol. The van der Waals surface area contributed by atoms with Gasteiger partial charge in [-0.15, -0.1) is 5.10 Å². The first-order valence-corrected chi connectivity index (χ1v) is 9.67. The number of hydrogen-bond acceptors (Lipinski definition) is 5. The van der Waals surface area contributed by atoms with Crippen molar-refractivity contribution in [3.8, 4) is 0 Å². The monoisotopic (exact) mass is 353 g/mol. The van der Waals surface area contributed by atoms with Gasteiger partial charge in [0.05, 0.1) is 11.3 Å². The maximum atomic E-state index is 12.6. The second-order valence-corrected chi connectivity index (χ2v) is 8.22. The molecule has 2 heterocycles. The summed E-state index contributed by atoms with van der Waals surface area (Å²) in [7, 11) is 0. The van der Waals surface area contributed by atoms with Gasteiger partial charge in [0, 0.05) is 5.69 Å². The largest absolute Gasteiger partial charge is 0.325 e. The predicted molar refractivity (Wildman–Crippen MR) is 95.2 cm³/mol. The number of tetrazole rings is 1. The Morgan fingerprint density at radius 2 is 2.12 bits per heavy atom. The number of benzene rings is 1. The Hall–Kier alpha value is -2.15. The van der Waals surface area contributed by atoms with Crippen LogP contribution >= 0.6 is 11.8 Å². The van der Waals surface area contributed by atoms with Gasteiger partial charge in [0.25, 0.3) is 0 Å². The highest BCUT2D eigenvalue weighted by Gasteiger charge is 2.39. The zero-order valence-corrected chi connectivity index (χ0v) is 14.5. The first kappa shape index (κ1) is 15.1. The van der Waals surface area contributed by atoms with Gasteiger partial charge in [-0.3, -0.25) is 4.79 Å². The average molecular weight is 353 g/mol. The lowest BCUT2D eigenvalue weighted by molar-refractivity contribution is -0.115. The van der Waals surface area contributed by atoms with Crippen molar-refractivity contribution in [1.29, 1.82) is 0 Å². The normalized spacial score (nSPS) is 30.2. The highest BCUT2D eigenvalue weighted by molar-refractivity contribution is 8.00. The van der Waals surface area contributed by atoms with Crippen LogP contribution in [0.25, 0.3) is 0 Å². The number of rotatable bonds is 3. The van der Waals surface area contributed by atoms with Crippen molar-refractivity contribution in [2.45, 2.75) is 42.1 Å². The quantitative estimate of drug-likeness (QED) is 0.859. The first-order chi connectivity index (χ1) is 12.3. The van der Waals surface area contributed by atoms with Gasteiger partial charge >= 0.3 is 0 Å². The average Bonchev–Trinajstić information content (AvgIpc) is 3.33. The molecular formula is C18H19N5OS. The molecule has 1 aliphatic heterocycles. The molecule has 6 nitrogen and oxygen atoms in total. The fourth-order valence-electron chi connectivity index (χ4n) is 4.23. The van der Waals surface area contributed by atoms with Crippen LogP contribution in [-0.2, 0) is 11.2 Å². The molecule has 0 radical (unpaired) electrons. The molecule has 3 aliphatic rings. The maximum absolute atomic E-state index is 12.6. The zero-order chi connectivity index (χ0) is 16.8. The summed E-state index contributed by atoms with van der Waals surface area (Å²) in [4.78, 5) is 12.6. The topological polar surface area (TPSA) is 72.7 Å². The van der Waals surface area contributed by atoms with Crippen LogP contribution in [0, 0.1) is 11.8 Å². The van der Waals surface area contributed by atoms with Crippen LogP contribution in [0.4, 0.5) is 5.69 Å². The minimum atomic E-state index is -0.175. The Kier molecular flexibility index (Phi) is 3.62. The molecule has 128 valence electrons. The third-order valence-corrected chi connectivity index (χ3v) is 6.73. The molecule has 1 saturated carbocycles. The lowest BCUT2D eigenvalue weighted by atomic mass is 10.0. The number of nitrogens with zero attached hydrogens (tertiary/aromatic N) is 4. The molecule has 0 unspecified atom stereocenters. The van der Waals surface area contributed by atoms with E-state index in [0.717, 1.165) is 30.1 Å². The molecule has 2 bridgehead atoms. The smallest absolute Gasteiger partial charge is 0.237 e. The van der Waals surface area contributed by atoms with Gasteiger partial charge in [0.1, 0.15) is 0 Å². The summed E-state index contributed by atoms with van der Waals surface area (Å²) >= 11 is 1.49. The Bertz CT molecular complexity index is 847. The molecule has 25 heavy (non-hydrogen) atoms. The van der Waals surface area contributed by atoms with Gasteiger partial charge in [-0.25, -0.2) is 4.68 Å². The second kappa shape index (κ2) is 5.98. The van der Waals surface area contributed by atoms with Crippen LogP contribution in [0.1, 0.15) is 30.9 Å². The number of carbonyl (C=O) groups is 1. The van der Waals surface area contributed by atoms with Crippen molar-refractivity contribution in [3.05, 3.63) is 42.0 Å². The Labute approximate surface area is 150 Å². The molecule has 0 saturated heterocycles. The second-order valence-electron chi connectivity index (χ2n) is 7.05. The number of nitrogens with one attached hydrogen (secondary N) is 1. The van der Waals surface area contributed by atoms with E-state index in [4.69, 9.17) is 0 Å². The molecule has 1 amide bonds. The van der Waals surface area contributed by atoms with Crippen LogP contribution < -0.4 is 5.32 Å². The van der Waals surface area contributed by atoms with E-state index in [9.17, 15) is 4.79 Å². The summed E-state index contributed by atoms with van der Waals surface area (Å²) in [6.45, 7) is 0. The number of aromatic nitrogens is 4. The lowest BCUT2D eigenvalue weighted by Gasteiger charge is -2.20. The molecule has 2 aromatic rings. The molecule has 5 rings (SSSR count). The molecule has 4 atom stereocenters. The maximum Gasteiger partial charge on any atom is 0.237 e. The van der Waals surface area contributed by atoms with E-state index < -0.39 is 0 Å². The molecule has 2 aliphatic carbocycles. The molecule has 0 spiro atoms. The standard InChI is InChI=1S/C18H19N5OS/c24-17-16(8-7-12-3-1-2-4-14(12)19-17)25-18-20-21-22-23(18)15-10-11-5-6-13(15)9-11/h1-6,11,13,15-16H,7-10H2,(H,19,24)/t11-,13-,15-,16+/m0/s1. The van der Waals surface area contributed by atoms with E-state index in [-0.39, 0.29) is 11.2 Å². The summed E-state index contributed by atoms with van der Waals surface area (Å²) in [5, 5.41) is 16.0. The van der Waals surface area contributed by atoms with E-state index in [1.165, 1.54) is 23.7 Å². The molecule has 1 aromatic carbocycles. The van der Waals surface area contributed by atoms with Crippen LogP contribution in [-0.4, -0.2) is 31.4 Å². The van der Waals surface area contributed by atoms with Crippen molar-refractivity contribution in [1.82, 2.24) is 20.2 Å². The number of para-hydroxylation sites is 1. The summed E-state index contributed by atoms with van der Waals surface area (Å²) in [5.41, 5.74) is 2.12.